The second kappa shape index (κ2) is 7.28. The number of hydrogen-bond donors (Lipinski definition) is 0. The summed E-state index contributed by atoms with van der Waals surface area (Å²) in [5.41, 5.74) is 4.45. The van der Waals surface area contributed by atoms with Crippen molar-refractivity contribution in [3.8, 4) is 11.5 Å². The van der Waals surface area contributed by atoms with Crippen molar-refractivity contribution in [1.29, 1.82) is 0 Å². The molecule has 0 saturated heterocycles. The SMILES string of the molecule is Cc1nc2c(c(=O)n1C1CCCC1)c1nc3ccccc3nc1n2Cc1ccc2c(c1)OCO2. The normalized spacial score (nSPS) is 15.8. The maximum absolute atomic E-state index is 13.9. The molecule has 1 aliphatic heterocycles. The van der Waals surface area contributed by atoms with E-state index in [1.807, 2.05) is 58.5 Å². The summed E-state index contributed by atoms with van der Waals surface area (Å²) in [4.78, 5) is 28.7. The Labute approximate surface area is 194 Å². The molecule has 0 radical (unpaired) electrons. The van der Waals surface area contributed by atoms with Crippen molar-refractivity contribution < 1.29 is 9.47 Å². The lowest BCUT2D eigenvalue weighted by Gasteiger charge is -2.16. The smallest absolute Gasteiger partial charge is 0.265 e. The molecule has 7 rings (SSSR count). The molecule has 0 atom stereocenters. The number of hydrogen-bond acceptors (Lipinski definition) is 6. The van der Waals surface area contributed by atoms with Crippen molar-refractivity contribution in [3.05, 3.63) is 64.2 Å². The topological polar surface area (TPSA) is 84.1 Å². The average molecular weight is 454 g/mol. The molecule has 0 bridgehead atoms. The zero-order valence-electron chi connectivity index (χ0n) is 18.8. The second-order valence-corrected chi connectivity index (χ2v) is 9.13. The highest BCUT2D eigenvalue weighted by molar-refractivity contribution is 6.04. The molecule has 0 spiro atoms. The summed E-state index contributed by atoms with van der Waals surface area (Å²) in [7, 11) is 0. The van der Waals surface area contributed by atoms with Gasteiger partial charge in [0.2, 0.25) is 6.79 Å². The minimum absolute atomic E-state index is 0.0200. The minimum Gasteiger partial charge on any atom is -0.454 e. The molecule has 8 heteroatoms. The monoisotopic (exact) mass is 453 g/mol. The first-order chi connectivity index (χ1) is 16.7. The Balaban J connectivity index is 1.52. The molecule has 1 saturated carbocycles. The molecular formula is C26H23N5O3. The van der Waals surface area contributed by atoms with E-state index in [9.17, 15) is 4.79 Å². The van der Waals surface area contributed by atoms with Crippen LogP contribution in [0.25, 0.3) is 33.2 Å². The number of fused-ring (bicyclic) bond motifs is 5. The van der Waals surface area contributed by atoms with E-state index in [2.05, 4.69) is 0 Å². The van der Waals surface area contributed by atoms with Gasteiger partial charge in [0.05, 0.1) is 17.6 Å². The molecule has 3 aromatic heterocycles. The number of ether oxygens (including phenoxy) is 2. The fraction of sp³-hybridized carbons (Fsp3) is 0.308. The molecule has 4 heterocycles. The molecule has 5 aromatic rings. The van der Waals surface area contributed by atoms with E-state index < -0.39 is 0 Å². The third kappa shape index (κ3) is 2.84. The van der Waals surface area contributed by atoms with E-state index in [4.69, 9.17) is 24.4 Å². The van der Waals surface area contributed by atoms with Crippen LogP contribution < -0.4 is 15.0 Å². The van der Waals surface area contributed by atoms with E-state index in [1.54, 1.807) is 0 Å². The van der Waals surface area contributed by atoms with Crippen LogP contribution in [0.15, 0.2) is 47.3 Å². The van der Waals surface area contributed by atoms with Gasteiger partial charge in [0.25, 0.3) is 5.56 Å². The first-order valence-corrected chi connectivity index (χ1v) is 11.7. The zero-order chi connectivity index (χ0) is 22.8. The van der Waals surface area contributed by atoms with Gasteiger partial charge in [-0.1, -0.05) is 31.0 Å². The third-order valence-corrected chi connectivity index (χ3v) is 7.04. The number of rotatable bonds is 3. The van der Waals surface area contributed by atoms with Gasteiger partial charge in [-0.05, 0) is 49.6 Å². The molecule has 2 aliphatic rings. The third-order valence-electron chi connectivity index (χ3n) is 7.04. The lowest BCUT2D eigenvalue weighted by Crippen LogP contribution is -2.27. The van der Waals surface area contributed by atoms with Crippen LogP contribution in [0, 0.1) is 6.92 Å². The Bertz CT molecular complexity index is 1660. The number of nitrogens with zero attached hydrogens (tertiary/aromatic N) is 5. The lowest BCUT2D eigenvalue weighted by molar-refractivity contribution is 0.174. The van der Waals surface area contributed by atoms with Gasteiger partial charge in [-0.2, -0.15) is 0 Å². The molecule has 2 aromatic carbocycles. The van der Waals surface area contributed by atoms with Gasteiger partial charge < -0.3 is 14.0 Å². The molecule has 8 nitrogen and oxygen atoms in total. The van der Waals surface area contributed by atoms with Crippen LogP contribution in [0.2, 0.25) is 0 Å². The fourth-order valence-corrected chi connectivity index (χ4v) is 5.44. The van der Waals surface area contributed by atoms with Gasteiger partial charge in [-0.25, -0.2) is 15.0 Å². The summed E-state index contributed by atoms with van der Waals surface area (Å²) in [6.07, 6.45) is 4.31. The van der Waals surface area contributed by atoms with Crippen molar-refractivity contribution in [1.82, 2.24) is 24.1 Å². The van der Waals surface area contributed by atoms with E-state index in [0.29, 0.717) is 28.7 Å². The van der Waals surface area contributed by atoms with Crippen LogP contribution in [0.3, 0.4) is 0 Å². The van der Waals surface area contributed by atoms with Crippen LogP contribution in [0.1, 0.15) is 43.1 Å². The van der Waals surface area contributed by atoms with E-state index in [0.717, 1.165) is 59.6 Å². The summed E-state index contributed by atoms with van der Waals surface area (Å²) in [6.45, 7) is 2.65. The maximum Gasteiger partial charge on any atom is 0.265 e. The first-order valence-electron chi connectivity index (χ1n) is 11.7. The van der Waals surface area contributed by atoms with Gasteiger partial charge >= 0.3 is 0 Å². The number of benzene rings is 2. The Kier molecular flexibility index (Phi) is 4.18. The quantitative estimate of drug-likeness (QED) is 0.400. The maximum atomic E-state index is 13.9. The van der Waals surface area contributed by atoms with Crippen LogP contribution in [-0.2, 0) is 6.54 Å². The highest BCUT2D eigenvalue weighted by atomic mass is 16.7. The molecule has 170 valence electrons. The van der Waals surface area contributed by atoms with Crippen LogP contribution in [0.4, 0.5) is 0 Å². The second-order valence-electron chi connectivity index (χ2n) is 9.13. The number of aromatic nitrogens is 5. The molecule has 0 unspecified atom stereocenters. The predicted molar refractivity (Wildman–Crippen MR) is 129 cm³/mol. The van der Waals surface area contributed by atoms with Gasteiger partial charge in [0, 0.05) is 6.04 Å². The van der Waals surface area contributed by atoms with Crippen molar-refractivity contribution in [2.75, 3.05) is 6.79 Å². The minimum atomic E-state index is -0.0200. The van der Waals surface area contributed by atoms with Gasteiger partial charge in [-0.3, -0.25) is 9.36 Å². The summed E-state index contributed by atoms with van der Waals surface area (Å²) in [5, 5.41) is 0.548. The fourth-order valence-electron chi connectivity index (χ4n) is 5.44. The number of para-hydroxylation sites is 2. The standard InChI is InChI=1S/C26H23N5O3/c1-15-27-24-22(26(32)31(15)17-6-2-3-7-17)23-25(29-19-9-5-4-8-18(19)28-23)30(24)13-16-10-11-20-21(12-16)34-14-33-20/h4-5,8-12,17H,2-3,6-7,13-14H2,1H3. The number of aryl methyl sites for hydroxylation is 1. The average Bonchev–Trinajstić information content (AvgIpc) is 3.58. The molecule has 1 fully saturated rings. The van der Waals surface area contributed by atoms with Gasteiger partial charge in [0.1, 0.15) is 16.7 Å². The summed E-state index contributed by atoms with van der Waals surface area (Å²) >= 11 is 0. The largest absolute Gasteiger partial charge is 0.454 e. The lowest BCUT2D eigenvalue weighted by atomic mass is 10.2. The van der Waals surface area contributed by atoms with Gasteiger partial charge in [-0.15, -0.1) is 0 Å². The van der Waals surface area contributed by atoms with E-state index in [1.165, 1.54) is 0 Å². The molecule has 0 N–H and O–H groups in total. The van der Waals surface area contributed by atoms with Crippen LogP contribution in [0.5, 0.6) is 11.5 Å². The molecule has 0 amide bonds. The van der Waals surface area contributed by atoms with Crippen molar-refractivity contribution in [2.24, 2.45) is 0 Å². The van der Waals surface area contributed by atoms with Crippen molar-refractivity contribution in [2.45, 2.75) is 45.2 Å². The predicted octanol–water partition coefficient (Wildman–Crippen LogP) is 4.49. The summed E-state index contributed by atoms with van der Waals surface area (Å²) < 4.78 is 14.9. The summed E-state index contributed by atoms with van der Waals surface area (Å²) in [5.74, 6) is 2.21. The van der Waals surface area contributed by atoms with Crippen LogP contribution >= 0.6 is 0 Å². The van der Waals surface area contributed by atoms with Crippen molar-refractivity contribution in [3.63, 3.8) is 0 Å². The molecular weight excluding hydrogens is 430 g/mol. The van der Waals surface area contributed by atoms with E-state index >= 15 is 0 Å². The van der Waals surface area contributed by atoms with E-state index in [-0.39, 0.29) is 18.4 Å². The molecule has 34 heavy (non-hydrogen) atoms. The zero-order valence-corrected chi connectivity index (χ0v) is 18.8. The Morgan fingerprint density at radius 3 is 2.53 bits per heavy atom. The Morgan fingerprint density at radius 2 is 1.71 bits per heavy atom. The Morgan fingerprint density at radius 1 is 0.941 bits per heavy atom. The highest BCUT2D eigenvalue weighted by Gasteiger charge is 2.26. The van der Waals surface area contributed by atoms with Crippen molar-refractivity contribution >= 4 is 33.2 Å². The molecule has 1 aliphatic carbocycles. The summed E-state index contributed by atoms with van der Waals surface area (Å²) in [6, 6.07) is 13.9. The highest BCUT2D eigenvalue weighted by Crippen LogP contribution is 2.34. The Hall–Kier alpha value is -3.94. The van der Waals surface area contributed by atoms with Gasteiger partial charge in [0.15, 0.2) is 22.8 Å². The first kappa shape index (κ1) is 19.5. The van der Waals surface area contributed by atoms with Crippen LogP contribution in [-0.4, -0.2) is 30.9 Å².